The number of anilines is 3. The molecule has 0 spiro atoms. The van der Waals surface area contributed by atoms with Gasteiger partial charge < -0.3 is 4.90 Å². The van der Waals surface area contributed by atoms with Crippen LogP contribution in [0.5, 0.6) is 0 Å². The third-order valence-electron chi connectivity index (χ3n) is 8.11. The van der Waals surface area contributed by atoms with Crippen molar-refractivity contribution in [2.75, 3.05) is 4.90 Å². The molecule has 0 radical (unpaired) electrons. The molecule has 0 aliphatic rings. The molecule has 0 saturated heterocycles. The third-order valence-corrected chi connectivity index (χ3v) is 8.11. The van der Waals surface area contributed by atoms with Crippen molar-refractivity contribution in [1.29, 1.82) is 0 Å². The first-order valence-corrected chi connectivity index (χ1v) is 15.8. The van der Waals surface area contributed by atoms with E-state index in [0.29, 0.717) is 16.7 Å². The predicted molar refractivity (Wildman–Crippen MR) is 208 cm³/mol. The quantitative estimate of drug-likeness (QED) is 0.160. The maximum atomic E-state index is 9.53. The molecule has 1 nitrogen and oxygen atoms in total. The number of hydrogen-bond donors (Lipinski definition) is 0. The summed E-state index contributed by atoms with van der Waals surface area (Å²) in [4.78, 5) is 0.837. The monoisotopic (exact) mass is 637 g/mol. The lowest BCUT2D eigenvalue weighted by atomic mass is 9.91. The Hall–Kier alpha value is -6.44. The van der Waals surface area contributed by atoms with Gasteiger partial charge in [0.05, 0.1) is 16.4 Å². The molecule has 0 N–H and O–H groups in total. The zero-order valence-electron chi connectivity index (χ0n) is 38.2. The fourth-order valence-electron chi connectivity index (χ4n) is 5.66. The lowest BCUT2D eigenvalue weighted by Crippen LogP contribution is -2.09. The van der Waals surface area contributed by atoms with Crippen molar-refractivity contribution in [3.63, 3.8) is 0 Å². The number of rotatable bonds is 8. The number of benzene rings is 8. The van der Waals surface area contributed by atoms with Gasteiger partial charge >= 0.3 is 0 Å². The average Bonchev–Trinajstić information content (AvgIpc) is 3.28. The van der Waals surface area contributed by atoms with Crippen LogP contribution in [0.4, 0.5) is 17.1 Å². The Morgan fingerprint density at radius 2 is 0.592 bits per heavy atom. The Labute approximate surface area is 305 Å². The predicted octanol–water partition coefficient (Wildman–Crippen LogP) is 13.5. The Bertz CT molecular complexity index is 2780. The summed E-state index contributed by atoms with van der Waals surface area (Å²) in [6.45, 7) is 0. The van der Waals surface area contributed by atoms with E-state index in [2.05, 4.69) is 0 Å². The van der Waals surface area contributed by atoms with Gasteiger partial charge in [0.15, 0.2) is 0 Å². The molecule has 0 atom stereocenters. The van der Waals surface area contributed by atoms with Crippen molar-refractivity contribution in [3.8, 4) is 55.6 Å². The molecule has 0 heterocycles. The lowest BCUT2D eigenvalue weighted by molar-refractivity contribution is 1.28. The van der Waals surface area contributed by atoms with Gasteiger partial charge in [0.1, 0.15) is 0 Å². The largest absolute Gasteiger partial charge is 0.311 e. The SMILES string of the molecule is [2H]c1c([2H])c(N(c2c([2H])c([2H])c(-c3ccccc3)c([2H])c2[2H])c2c([2H])c([2H])c(-c3ccc(-c4ccccc4)c(-c4ccccc4)c3)c([2H])c2[2H])c([2H])c([2H])c1-c1ccccc1. The summed E-state index contributed by atoms with van der Waals surface area (Å²) >= 11 is 0. The molecule has 8 aromatic carbocycles. The van der Waals surface area contributed by atoms with Crippen LogP contribution in [0.1, 0.15) is 16.4 Å². The van der Waals surface area contributed by atoms with Crippen LogP contribution in [0, 0.1) is 0 Å². The third kappa shape index (κ3) is 6.43. The van der Waals surface area contributed by atoms with E-state index >= 15 is 0 Å². The first kappa shape index (κ1) is 19.4. The average molecular weight is 638 g/mol. The highest BCUT2D eigenvalue weighted by molar-refractivity contribution is 5.88. The molecule has 0 aromatic heterocycles. The maximum absolute atomic E-state index is 9.53. The zero-order chi connectivity index (χ0) is 43.3. The van der Waals surface area contributed by atoms with Crippen LogP contribution < -0.4 is 4.90 Å². The molecule has 0 fully saturated rings. The molecule has 0 aliphatic carbocycles. The van der Waals surface area contributed by atoms with E-state index in [-0.39, 0.29) is 16.7 Å². The van der Waals surface area contributed by atoms with Gasteiger partial charge in [-0.2, -0.15) is 0 Å². The molecule has 0 amide bonds. The van der Waals surface area contributed by atoms with Crippen molar-refractivity contribution in [3.05, 3.63) is 212 Å². The van der Waals surface area contributed by atoms with Crippen LogP contribution >= 0.6 is 0 Å². The summed E-state index contributed by atoms with van der Waals surface area (Å²) in [5.41, 5.74) is 2.69. The molecule has 49 heavy (non-hydrogen) atoms. The first-order chi connectivity index (χ1) is 29.3. The van der Waals surface area contributed by atoms with Crippen LogP contribution in [-0.2, 0) is 0 Å². The van der Waals surface area contributed by atoms with E-state index in [1.54, 1.807) is 72.8 Å². The second kappa shape index (κ2) is 13.7. The second-order valence-corrected chi connectivity index (χ2v) is 11.2. The van der Waals surface area contributed by atoms with Crippen LogP contribution in [-0.4, -0.2) is 0 Å². The number of nitrogens with zero attached hydrogens (tertiary/aromatic N) is 1. The molecule has 1 heteroatoms. The van der Waals surface area contributed by atoms with Crippen LogP contribution in [0.3, 0.4) is 0 Å². The molecule has 0 saturated carbocycles. The van der Waals surface area contributed by atoms with E-state index in [1.807, 2.05) is 66.7 Å². The molecule has 0 unspecified atom stereocenters. The second-order valence-electron chi connectivity index (χ2n) is 11.2. The zero-order valence-corrected chi connectivity index (χ0v) is 26.2. The normalized spacial score (nSPS) is 14.3. The van der Waals surface area contributed by atoms with Crippen LogP contribution in [0.25, 0.3) is 55.6 Å². The Morgan fingerprint density at radius 3 is 0.980 bits per heavy atom. The Balaban J connectivity index is 1.43. The van der Waals surface area contributed by atoms with Gasteiger partial charge in [0.2, 0.25) is 0 Å². The van der Waals surface area contributed by atoms with Gasteiger partial charge in [0.25, 0.3) is 0 Å². The Morgan fingerprint density at radius 1 is 0.265 bits per heavy atom. The van der Waals surface area contributed by atoms with E-state index in [0.717, 1.165) is 27.2 Å². The van der Waals surface area contributed by atoms with Gasteiger partial charge in [-0.25, -0.2) is 0 Å². The molecule has 0 aliphatic heterocycles. The van der Waals surface area contributed by atoms with Gasteiger partial charge in [-0.3, -0.25) is 0 Å². The molecule has 0 bridgehead atoms. The summed E-state index contributed by atoms with van der Waals surface area (Å²) in [5, 5.41) is 0. The summed E-state index contributed by atoms with van der Waals surface area (Å²) in [6.07, 6.45) is 0. The fourth-order valence-corrected chi connectivity index (χ4v) is 5.66. The van der Waals surface area contributed by atoms with Gasteiger partial charge in [0, 0.05) is 17.1 Å². The fraction of sp³-hybridized carbons (Fsp3) is 0. The summed E-state index contributed by atoms with van der Waals surface area (Å²) in [5.74, 6) is 0. The van der Waals surface area contributed by atoms with Crippen molar-refractivity contribution in [1.82, 2.24) is 0 Å². The maximum Gasteiger partial charge on any atom is 0.0645 e. The van der Waals surface area contributed by atoms with Gasteiger partial charge in [-0.1, -0.05) is 170 Å². The highest BCUT2D eigenvalue weighted by atomic mass is 15.1. The van der Waals surface area contributed by atoms with Crippen LogP contribution in [0.15, 0.2) is 212 Å². The smallest absolute Gasteiger partial charge is 0.0645 e. The highest BCUT2D eigenvalue weighted by Crippen LogP contribution is 2.39. The van der Waals surface area contributed by atoms with E-state index in [4.69, 9.17) is 5.48 Å². The van der Waals surface area contributed by atoms with Crippen molar-refractivity contribution < 1.29 is 16.4 Å². The highest BCUT2D eigenvalue weighted by Gasteiger charge is 2.15. The molecular formula is C48H35N. The molecule has 232 valence electrons. The number of hydrogen-bond acceptors (Lipinski definition) is 1. The minimum atomic E-state index is -0.669. The minimum absolute atomic E-state index is 0.0404. The minimum Gasteiger partial charge on any atom is -0.311 e. The Kier molecular flexibility index (Phi) is 5.44. The van der Waals surface area contributed by atoms with Crippen molar-refractivity contribution in [2.24, 2.45) is 0 Å². The molecule has 8 rings (SSSR count). The lowest BCUT2D eigenvalue weighted by Gasteiger charge is -2.26. The van der Waals surface area contributed by atoms with Crippen molar-refractivity contribution in [2.45, 2.75) is 0 Å². The van der Waals surface area contributed by atoms with E-state index in [1.165, 1.54) is 0 Å². The molecular weight excluding hydrogens is 591 g/mol. The van der Waals surface area contributed by atoms with Crippen LogP contribution in [0.2, 0.25) is 0 Å². The van der Waals surface area contributed by atoms with E-state index in [9.17, 15) is 11.0 Å². The molecule has 8 aromatic rings. The van der Waals surface area contributed by atoms with E-state index < -0.39 is 89.6 Å². The van der Waals surface area contributed by atoms with Gasteiger partial charge in [-0.15, -0.1) is 0 Å². The first-order valence-electron chi connectivity index (χ1n) is 21.8. The standard InChI is InChI=1S/C48H35N/c1-5-13-36(14-6-1)38-21-28-44(29-22-38)49(45-30-23-39(24-31-45)37-15-7-2-8-16-37)46-32-25-40(26-33-46)43-27-34-47(41-17-9-3-10-18-41)48(35-43)42-19-11-4-12-20-42/h1-35H/i21D,22D,23D,24D,25D,26D,28D,29D,30D,31D,32D,33D. The summed E-state index contributed by atoms with van der Waals surface area (Å²) in [7, 11) is 0. The van der Waals surface area contributed by atoms with Gasteiger partial charge in [-0.05, 0) is 98.0 Å². The summed E-state index contributed by atoms with van der Waals surface area (Å²) in [6, 6.07) is 34.4. The topological polar surface area (TPSA) is 3.24 Å². The summed E-state index contributed by atoms with van der Waals surface area (Å²) < 4.78 is 112. The van der Waals surface area contributed by atoms with Crippen molar-refractivity contribution >= 4 is 17.1 Å².